The molecule has 0 bridgehead atoms. The van der Waals surface area contributed by atoms with Gasteiger partial charge in [-0.05, 0) is 12.8 Å². The van der Waals surface area contributed by atoms with Crippen LogP contribution in [0.25, 0.3) is 0 Å². The summed E-state index contributed by atoms with van der Waals surface area (Å²) in [5.41, 5.74) is -0.674. The number of urea groups is 1. The van der Waals surface area contributed by atoms with Gasteiger partial charge in [-0.2, -0.15) is 0 Å². The number of imide groups is 1. The number of amides is 3. The van der Waals surface area contributed by atoms with E-state index in [9.17, 15) is 9.59 Å². The van der Waals surface area contributed by atoms with Gasteiger partial charge in [0, 0.05) is 14.1 Å². The van der Waals surface area contributed by atoms with Crippen LogP contribution >= 0.6 is 12.2 Å². The summed E-state index contributed by atoms with van der Waals surface area (Å²) < 4.78 is 0. The van der Waals surface area contributed by atoms with Crippen molar-refractivity contribution in [3.05, 3.63) is 0 Å². The molecule has 1 aliphatic rings. The average Bonchev–Trinajstić information content (AvgIpc) is 2.26. The Morgan fingerprint density at radius 2 is 1.60 bits per heavy atom. The molecule has 84 valence electrons. The summed E-state index contributed by atoms with van der Waals surface area (Å²) in [5, 5.41) is 0. The minimum absolute atomic E-state index is 0.180. The molecule has 15 heavy (non-hydrogen) atoms. The van der Waals surface area contributed by atoms with E-state index in [0.29, 0.717) is 17.8 Å². The lowest BCUT2D eigenvalue weighted by Gasteiger charge is -2.43. The molecule has 0 aromatic heterocycles. The minimum Gasteiger partial charge on any atom is -0.290 e. The number of carbonyl (C=O) groups is 2. The van der Waals surface area contributed by atoms with Crippen LogP contribution in [0.15, 0.2) is 0 Å². The van der Waals surface area contributed by atoms with Crippen molar-refractivity contribution in [1.82, 2.24) is 9.80 Å². The molecule has 1 fully saturated rings. The minimum atomic E-state index is -0.674. The van der Waals surface area contributed by atoms with Gasteiger partial charge >= 0.3 is 6.03 Å². The Morgan fingerprint density at radius 3 is 2.00 bits per heavy atom. The summed E-state index contributed by atoms with van der Waals surface area (Å²) in [6.07, 6.45) is 1.26. The van der Waals surface area contributed by atoms with Crippen LogP contribution in [-0.4, -0.2) is 40.8 Å². The molecule has 0 aliphatic carbocycles. The molecule has 1 aliphatic heterocycles. The van der Waals surface area contributed by atoms with Gasteiger partial charge in [-0.25, -0.2) is 4.79 Å². The second-order valence-corrected chi connectivity index (χ2v) is 4.19. The first-order valence-corrected chi connectivity index (χ1v) is 5.43. The van der Waals surface area contributed by atoms with Crippen molar-refractivity contribution in [2.45, 2.75) is 26.7 Å². The normalized spacial score (nSPS) is 21.2. The Bertz CT molecular complexity index is 297. The molecule has 0 spiro atoms. The van der Waals surface area contributed by atoms with Gasteiger partial charge in [0.1, 0.15) is 4.99 Å². The van der Waals surface area contributed by atoms with Crippen LogP contribution in [0, 0.1) is 5.41 Å². The second-order valence-electron chi connectivity index (χ2n) is 3.80. The third-order valence-corrected chi connectivity index (χ3v) is 3.87. The predicted molar refractivity (Wildman–Crippen MR) is 61.5 cm³/mol. The summed E-state index contributed by atoms with van der Waals surface area (Å²) in [4.78, 5) is 26.7. The fourth-order valence-corrected chi connectivity index (χ4v) is 2.44. The van der Waals surface area contributed by atoms with Crippen LogP contribution in [0.4, 0.5) is 4.79 Å². The molecule has 0 aromatic rings. The monoisotopic (exact) mass is 228 g/mol. The first-order valence-electron chi connectivity index (χ1n) is 5.02. The highest BCUT2D eigenvalue weighted by Gasteiger charge is 2.49. The Hall–Kier alpha value is -0.970. The van der Waals surface area contributed by atoms with E-state index in [0.717, 1.165) is 4.90 Å². The van der Waals surface area contributed by atoms with Crippen molar-refractivity contribution in [3.8, 4) is 0 Å². The summed E-state index contributed by atoms with van der Waals surface area (Å²) in [7, 11) is 3.12. The first kappa shape index (κ1) is 12.1. The van der Waals surface area contributed by atoms with Gasteiger partial charge in [0.05, 0.1) is 5.41 Å². The van der Waals surface area contributed by atoms with E-state index in [1.165, 1.54) is 11.9 Å². The molecule has 0 saturated carbocycles. The van der Waals surface area contributed by atoms with Crippen LogP contribution in [-0.2, 0) is 4.79 Å². The molecule has 4 nitrogen and oxygen atoms in total. The number of rotatable bonds is 2. The highest BCUT2D eigenvalue weighted by atomic mass is 32.1. The van der Waals surface area contributed by atoms with E-state index >= 15 is 0 Å². The van der Waals surface area contributed by atoms with Gasteiger partial charge in [-0.1, -0.05) is 26.1 Å². The number of carbonyl (C=O) groups excluding carboxylic acids is 2. The number of thiocarbonyl (C=S) groups is 1. The average molecular weight is 228 g/mol. The summed E-state index contributed by atoms with van der Waals surface area (Å²) in [6, 6.07) is -0.345. The standard InChI is InChI=1S/C10H16N2O2S/c1-5-10(6-2)7(13)11(3)9(14)12(4)8(10)15/h5-6H2,1-4H3. The van der Waals surface area contributed by atoms with E-state index in [1.807, 2.05) is 13.8 Å². The van der Waals surface area contributed by atoms with E-state index in [-0.39, 0.29) is 11.9 Å². The predicted octanol–water partition coefficient (Wildman–Crippen LogP) is 1.64. The molecule has 3 amide bonds. The Labute approximate surface area is 95.2 Å². The van der Waals surface area contributed by atoms with Crippen LogP contribution in [0.2, 0.25) is 0 Å². The Morgan fingerprint density at radius 1 is 1.13 bits per heavy atom. The van der Waals surface area contributed by atoms with Gasteiger partial charge in [0.15, 0.2) is 0 Å². The van der Waals surface area contributed by atoms with Gasteiger partial charge in [0.25, 0.3) is 0 Å². The Kier molecular flexibility index (Phi) is 3.13. The quantitative estimate of drug-likeness (QED) is 0.675. The van der Waals surface area contributed by atoms with Crippen LogP contribution in [0.3, 0.4) is 0 Å². The van der Waals surface area contributed by atoms with Crippen LogP contribution in [0.1, 0.15) is 26.7 Å². The summed E-state index contributed by atoms with van der Waals surface area (Å²) >= 11 is 5.22. The van der Waals surface area contributed by atoms with Crippen LogP contribution in [0.5, 0.6) is 0 Å². The lowest BCUT2D eigenvalue weighted by molar-refractivity contribution is -0.136. The number of nitrogens with zero attached hydrogens (tertiary/aromatic N) is 2. The van der Waals surface area contributed by atoms with Gasteiger partial charge in [-0.15, -0.1) is 0 Å². The number of hydrogen-bond acceptors (Lipinski definition) is 3. The fraction of sp³-hybridized carbons (Fsp3) is 0.700. The maximum atomic E-state index is 12.1. The first-order chi connectivity index (χ1) is 6.92. The molecular weight excluding hydrogens is 212 g/mol. The van der Waals surface area contributed by atoms with E-state index in [1.54, 1.807) is 7.05 Å². The summed E-state index contributed by atoms with van der Waals surface area (Å²) in [6.45, 7) is 3.84. The maximum Gasteiger partial charge on any atom is 0.331 e. The second kappa shape index (κ2) is 3.89. The zero-order valence-corrected chi connectivity index (χ0v) is 10.3. The molecule has 5 heteroatoms. The molecule has 0 aromatic carbocycles. The zero-order chi connectivity index (χ0) is 11.8. The number of hydrogen-bond donors (Lipinski definition) is 0. The SMILES string of the molecule is CCC1(CC)C(=O)N(C)C(=O)N(C)C1=S. The third-order valence-electron chi connectivity index (χ3n) is 3.21. The lowest BCUT2D eigenvalue weighted by atomic mass is 9.79. The maximum absolute atomic E-state index is 12.1. The fourth-order valence-electron chi connectivity index (χ4n) is 1.99. The molecule has 0 atom stereocenters. The molecular formula is C10H16N2O2S. The van der Waals surface area contributed by atoms with Crippen molar-refractivity contribution < 1.29 is 9.59 Å². The molecule has 0 N–H and O–H groups in total. The topological polar surface area (TPSA) is 40.6 Å². The molecule has 1 saturated heterocycles. The zero-order valence-electron chi connectivity index (χ0n) is 9.53. The van der Waals surface area contributed by atoms with Gasteiger partial charge in [0.2, 0.25) is 5.91 Å². The highest BCUT2D eigenvalue weighted by Crippen LogP contribution is 2.35. The van der Waals surface area contributed by atoms with Crippen LogP contribution < -0.4 is 0 Å². The Balaban J connectivity index is 3.23. The lowest BCUT2D eigenvalue weighted by Crippen LogP contribution is -2.61. The molecule has 0 radical (unpaired) electrons. The van der Waals surface area contributed by atoms with E-state index in [2.05, 4.69) is 0 Å². The smallest absolute Gasteiger partial charge is 0.290 e. The molecule has 0 unspecified atom stereocenters. The molecule has 1 rings (SSSR count). The highest BCUT2D eigenvalue weighted by molar-refractivity contribution is 7.80. The molecule has 1 heterocycles. The largest absolute Gasteiger partial charge is 0.331 e. The van der Waals surface area contributed by atoms with Gasteiger partial charge < -0.3 is 0 Å². The van der Waals surface area contributed by atoms with Crippen molar-refractivity contribution in [2.75, 3.05) is 14.1 Å². The van der Waals surface area contributed by atoms with Crippen molar-refractivity contribution >= 4 is 29.1 Å². The third kappa shape index (κ3) is 1.45. The van der Waals surface area contributed by atoms with Gasteiger partial charge in [-0.3, -0.25) is 14.6 Å². The van der Waals surface area contributed by atoms with E-state index in [4.69, 9.17) is 12.2 Å². The summed E-state index contributed by atoms with van der Waals surface area (Å²) in [5.74, 6) is -0.180. The van der Waals surface area contributed by atoms with Crippen molar-refractivity contribution in [2.24, 2.45) is 5.41 Å². The van der Waals surface area contributed by atoms with E-state index < -0.39 is 5.41 Å². The van der Waals surface area contributed by atoms with Crippen molar-refractivity contribution in [1.29, 1.82) is 0 Å². The van der Waals surface area contributed by atoms with Crippen molar-refractivity contribution in [3.63, 3.8) is 0 Å².